The molecule has 4 heteroatoms. The summed E-state index contributed by atoms with van der Waals surface area (Å²) in [7, 11) is 2.15. The summed E-state index contributed by atoms with van der Waals surface area (Å²) in [5, 5.41) is 21.2. The van der Waals surface area contributed by atoms with E-state index in [4.69, 9.17) is 0 Å². The number of piperidine rings is 3. The van der Waals surface area contributed by atoms with Crippen molar-refractivity contribution in [3.05, 3.63) is 41.1 Å². The highest BCUT2D eigenvalue weighted by molar-refractivity contribution is 5.87. The van der Waals surface area contributed by atoms with Gasteiger partial charge in [-0.3, -0.25) is 4.90 Å². The highest BCUT2D eigenvalue weighted by atomic mass is 16.3. The Morgan fingerprint density at radius 3 is 2.92 bits per heavy atom. The number of nitrogens with zero attached hydrogens (tertiary/aromatic N) is 2. The van der Waals surface area contributed by atoms with Gasteiger partial charge in [0.25, 0.3) is 0 Å². The van der Waals surface area contributed by atoms with Crippen molar-refractivity contribution in [2.75, 3.05) is 13.2 Å². The van der Waals surface area contributed by atoms with Crippen LogP contribution in [0.25, 0.3) is 10.9 Å². The van der Waals surface area contributed by atoms with E-state index in [1.165, 1.54) is 27.7 Å². The lowest BCUT2D eigenvalue weighted by Crippen LogP contribution is -2.61. The van der Waals surface area contributed by atoms with Crippen molar-refractivity contribution < 1.29 is 10.2 Å². The smallest absolute Gasteiger partial charge is 0.116 e. The van der Waals surface area contributed by atoms with Crippen LogP contribution in [0.15, 0.2) is 29.8 Å². The summed E-state index contributed by atoms with van der Waals surface area (Å²) in [6.45, 7) is 3.44. The number of hydrogen-bond acceptors (Lipinski definition) is 3. The lowest BCUT2D eigenvalue weighted by Gasteiger charge is -2.58. The molecule has 5 atom stereocenters. The molecule has 0 amide bonds. The molecule has 0 spiro atoms. The minimum atomic E-state index is 0.265. The van der Waals surface area contributed by atoms with Gasteiger partial charge in [0.15, 0.2) is 0 Å². The second kappa shape index (κ2) is 4.87. The fourth-order valence-electron chi connectivity index (χ4n) is 5.75. The molecule has 24 heavy (non-hydrogen) atoms. The molecule has 0 radical (unpaired) electrons. The molecule has 2 N–H and O–H groups in total. The first-order valence-electron chi connectivity index (χ1n) is 8.96. The highest BCUT2D eigenvalue weighted by Gasteiger charge is 2.52. The van der Waals surface area contributed by atoms with Crippen LogP contribution >= 0.6 is 0 Å². The van der Waals surface area contributed by atoms with E-state index in [1.54, 1.807) is 6.07 Å². The van der Waals surface area contributed by atoms with Gasteiger partial charge in [0, 0.05) is 48.8 Å². The lowest BCUT2D eigenvalue weighted by molar-refractivity contribution is -0.0513. The Bertz CT molecular complexity index is 866. The number of aromatic hydroxyl groups is 1. The third-order valence-corrected chi connectivity index (χ3v) is 6.80. The van der Waals surface area contributed by atoms with Gasteiger partial charge in [-0.2, -0.15) is 0 Å². The Morgan fingerprint density at radius 2 is 2.17 bits per heavy atom. The maximum absolute atomic E-state index is 10.0. The number of aliphatic hydroxyl groups is 1. The van der Waals surface area contributed by atoms with Crippen LogP contribution in [-0.2, 0) is 13.5 Å². The third kappa shape index (κ3) is 1.65. The largest absolute Gasteiger partial charge is 0.508 e. The summed E-state index contributed by atoms with van der Waals surface area (Å²) in [6, 6.07) is 6.58. The van der Waals surface area contributed by atoms with E-state index in [0.29, 0.717) is 29.7 Å². The average Bonchev–Trinajstić information content (AvgIpc) is 2.86. The third-order valence-electron chi connectivity index (χ3n) is 6.80. The highest BCUT2D eigenvalue weighted by Crippen LogP contribution is 2.54. The average molecular weight is 324 g/mol. The molecule has 1 aromatic heterocycles. The summed E-state index contributed by atoms with van der Waals surface area (Å²) in [6.07, 6.45) is 4.34. The molecule has 1 aromatic carbocycles. The van der Waals surface area contributed by atoms with Crippen molar-refractivity contribution in [2.45, 2.75) is 31.8 Å². The van der Waals surface area contributed by atoms with Crippen LogP contribution in [0.4, 0.5) is 0 Å². The Morgan fingerprint density at radius 1 is 1.33 bits per heavy atom. The zero-order valence-corrected chi connectivity index (χ0v) is 14.2. The van der Waals surface area contributed by atoms with Crippen molar-refractivity contribution in [3.63, 3.8) is 0 Å². The number of allylic oxidation sites excluding steroid dienone is 1. The molecule has 6 rings (SSSR count). The topological polar surface area (TPSA) is 48.6 Å². The van der Waals surface area contributed by atoms with Crippen LogP contribution in [0.3, 0.4) is 0 Å². The van der Waals surface area contributed by atoms with Crippen molar-refractivity contribution in [2.24, 2.45) is 18.9 Å². The number of aryl methyl sites for hydroxylation is 1. The summed E-state index contributed by atoms with van der Waals surface area (Å²) in [4.78, 5) is 2.62. The number of benzene rings is 1. The summed E-state index contributed by atoms with van der Waals surface area (Å²) in [5.41, 5.74) is 5.51. The predicted octanol–water partition coefficient (Wildman–Crippen LogP) is 2.74. The minimum Gasteiger partial charge on any atom is -0.508 e. The zero-order chi connectivity index (χ0) is 16.6. The van der Waals surface area contributed by atoms with E-state index in [1.807, 2.05) is 12.1 Å². The maximum Gasteiger partial charge on any atom is 0.116 e. The number of aliphatic hydroxyl groups excluding tert-OH is 1. The van der Waals surface area contributed by atoms with Gasteiger partial charge in [0.05, 0.1) is 6.04 Å². The van der Waals surface area contributed by atoms with Crippen LogP contribution < -0.4 is 0 Å². The van der Waals surface area contributed by atoms with Gasteiger partial charge in [0.1, 0.15) is 5.75 Å². The lowest BCUT2D eigenvalue weighted by atomic mass is 9.64. The predicted molar refractivity (Wildman–Crippen MR) is 94.0 cm³/mol. The van der Waals surface area contributed by atoms with Crippen molar-refractivity contribution in [1.29, 1.82) is 0 Å². The first-order valence-corrected chi connectivity index (χ1v) is 8.96. The van der Waals surface area contributed by atoms with Gasteiger partial charge in [-0.1, -0.05) is 11.6 Å². The maximum atomic E-state index is 10.0. The Kier molecular flexibility index (Phi) is 2.95. The monoisotopic (exact) mass is 324 g/mol. The molecule has 5 heterocycles. The Balaban J connectivity index is 1.72. The molecule has 2 aromatic rings. The van der Waals surface area contributed by atoms with E-state index >= 15 is 0 Å². The standard InChI is InChI=1S/C20H24N2O2/c1-3-11-9-22-18-8-15-14-6-12(24)4-5-17(14)21(2)20(15)19(22)7-13(11)16(18)10-23/h3-6,13,16,18-19,23-24H,7-10H2,1-2H3/b11-3-/t13-,16+,18-,19-/m1/s1. The van der Waals surface area contributed by atoms with E-state index in [2.05, 4.69) is 29.5 Å². The van der Waals surface area contributed by atoms with Crippen LogP contribution in [0.5, 0.6) is 5.75 Å². The number of phenolic OH excluding ortho intramolecular Hbond substituents is 1. The molecule has 3 saturated heterocycles. The molecule has 4 aliphatic rings. The fourth-order valence-corrected chi connectivity index (χ4v) is 5.75. The van der Waals surface area contributed by atoms with Gasteiger partial charge in [-0.15, -0.1) is 0 Å². The molecule has 0 aliphatic carbocycles. The van der Waals surface area contributed by atoms with Gasteiger partial charge in [-0.25, -0.2) is 0 Å². The number of aromatic nitrogens is 1. The molecule has 0 saturated carbocycles. The summed E-state index contributed by atoms with van der Waals surface area (Å²) < 4.78 is 2.33. The van der Waals surface area contributed by atoms with E-state index < -0.39 is 0 Å². The molecule has 126 valence electrons. The van der Waals surface area contributed by atoms with Crippen LogP contribution in [-0.4, -0.2) is 38.9 Å². The second-order valence-corrected chi connectivity index (χ2v) is 7.64. The summed E-state index contributed by atoms with van der Waals surface area (Å²) >= 11 is 0. The van der Waals surface area contributed by atoms with Gasteiger partial charge < -0.3 is 14.8 Å². The van der Waals surface area contributed by atoms with Crippen molar-refractivity contribution >= 4 is 10.9 Å². The van der Waals surface area contributed by atoms with Gasteiger partial charge in [0.2, 0.25) is 0 Å². The van der Waals surface area contributed by atoms with Crippen molar-refractivity contribution in [3.8, 4) is 5.75 Å². The molecule has 4 aliphatic heterocycles. The Labute approximate surface area is 142 Å². The summed E-state index contributed by atoms with van der Waals surface area (Å²) in [5.74, 6) is 1.19. The van der Waals surface area contributed by atoms with E-state index in [9.17, 15) is 10.2 Å². The zero-order valence-electron chi connectivity index (χ0n) is 14.2. The number of fused-ring (bicyclic) bond motifs is 4. The first-order chi connectivity index (χ1) is 11.6. The van der Waals surface area contributed by atoms with Gasteiger partial charge >= 0.3 is 0 Å². The van der Waals surface area contributed by atoms with Gasteiger partial charge in [-0.05, 0) is 49.4 Å². The SMILES string of the molecule is C/C=C1/CN2[C@@H]3C[C@H]1[C@H](CO)[C@H]2Cc1c3n(C)c2ccc(O)cc12. The Hall–Kier alpha value is -1.78. The quantitative estimate of drug-likeness (QED) is 0.793. The number of phenols is 1. The fraction of sp³-hybridized carbons (Fsp3) is 0.500. The molecule has 1 unspecified atom stereocenters. The number of rotatable bonds is 1. The van der Waals surface area contributed by atoms with E-state index in [0.717, 1.165) is 19.4 Å². The molecule has 4 nitrogen and oxygen atoms in total. The minimum absolute atomic E-state index is 0.265. The van der Waals surface area contributed by atoms with E-state index in [-0.39, 0.29) is 6.61 Å². The van der Waals surface area contributed by atoms with Crippen LogP contribution in [0, 0.1) is 11.8 Å². The van der Waals surface area contributed by atoms with Crippen molar-refractivity contribution in [1.82, 2.24) is 9.47 Å². The van der Waals surface area contributed by atoms with Crippen LogP contribution in [0.2, 0.25) is 0 Å². The molecule has 3 fully saturated rings. The molecule has 4 bridgehead atoms. The number of hydrogen-bond donors (Lipinski definition) is 2. The second-order valence-electron chi connectivity index (χ2n) is 7.64. The molecular weight excluding hydrogens is 300 g/mol. The van der Waals surface area contributed by atoms with Crippen LogP contribution in [0.1, 0.15) is 30.6 Å². The normalized spacial score (nSPS) is 35.6. The molecular formula is C20H24N2O2. The first kappa shape index (κ1) is 14.6.